The molecule has 1 aromatic carbocycles. The third kappa shape index (κ3) is 29.2. The molecule has 2 aromatic rings. The van der Waals surface area contributed by atoms with E-state index in [1.54, 1.807) is 71.9 Å². The maximum absolute atomic E-state index is 14.9. The first-order chi connectivity index (χ1) is 47.4. The summed E-state index contributed by atoms with van der Waals surface area (Å²) in [6.45, 7) is 14.0. The van der Waals surface area contributed by atoms with Crippen LogP contribution in [0, 0.1) is 23.7 Å². The van der Waals surface area contributed by atoms with Crippen molar-refractivity contribution in [3.05, 3.63) is 54.1 Å². The number of nitrogens with two attached hydrogens (primary N) is 3. The molecule has 0 saturated carbocycles. The fourth-order valence-electron chi connectivity index (χ4n) is 10.8. The summed E-state index contributed by atoms with van der Waals surface area (Å²) in [5.74, 6) is -16.2. The van der Waals surface area contributed by atoms with E-state index < -0.39 is 193 Å². The zero-order valence-corrected chi connectivity index (χ0v) is 62.6. The number of nitrogens with zero attached hydrogens (tertiary/aromatic N) is 2. The Morgan fingerprint density at radius 3 is 1.84 bits per heavy atom. The van der Waals surface area contributed by atoms with Crippen molar-refractivity contribution < 1.29 is 96.8 Å². The summed E-state index contributed by atoms with van der Waals surface area (Å²) in [7, 11) is 0. The van der Waals surface area contributed by atoms with Gasteiger partial charge in [0.2, 0.25) is 70.9 Å². The molecule has 2 aliphatic rings. The number of carbonyl (C=O) groups is 14. The molecule has 0 radical (unpaired) electrons. The molecule has 1 saturated heterocycles. The Morgan fingerprint density at radius 2 is 1.26 bits per heavy atom. The number of imidazole rings is 1. The number of benzene rings is 1. The van der Waals surface area contributed by atoms with Crippen molar-refractivity contribution in [2.24, 2.45) is 45.9 Å². The van der Waals surface area contributed by atoms with E-state index >= 15 is 0 Å². The van der Waals surface area contributed by atoms with Crippen molar-refractivity contribution in [3.63, 3.8) is 0 Å². The Bertz CT molecular complexity index is 3170. The number of aliphatic carboxylic acids is 2. The van der Waals surface area contributed by atoms with E-state index in [0.29, 0.717) is 10.6 Å². The number of hydrogen-bond donors (Lipinski definition) is 15. The zero-order chi connectivity index (χ0) is 74.3. The van der Waals surface area contributed by atoms with Gasteiger partial charge in [0.25, 0.3) is 0 Å². The van der Waals surface area contributed by atoms with Crippen LogP contribution in [0.5, 0.6) is 0 Å². The fraction of sp³-hybridized carbons (Fsp3) is 0.636. The molecule has 0 aliphatic carbocycles. The van der Waals surface area contributed by atoms with Gasteiger partial charge in [-0.15, -0.1) is 11.8 Å². The second-order valence-electron chi connectivity index (χ2n) is 25.9. The number of nitrogens with one attached hydrogen (secondary N) is 12. The number of thioether (sulfide) groups is 1. The van der Waals surface area contributed by atoms with E-state index in [9.17, 15) is 77.3 Å². The van der Waals surface area contributed by atoms with Crippen LogP contribution < -0.4 is 85.9 Å². The van der Waals surface area contributed by atoms with Crippen LogP contribution in [-0.4, -0.2) is 189 Å². The van der Waals surface area contributed by atoms with Crippen molar-refractivity contribution >= 4 is 99.6 Å². The Hall–Kier alpha value is -8.43. The summed E-state index contributed by atoms with van der Waals surface area (Å²) in [6.07, 6.45) is -0.0833. The molecule has 33 nitrogen and oxygen atoms in total. The van der Waals surface area contributed by atoms with Crippen LogP contribution in [0.3, 0.4) is 0 Å². The van der Waals surface area contributed by atoms with Crippen LogP contribution in [-0.2, 0) is 99.4 Å². The minimum absolute atomic E-state index is 0. The summed E-state index contributed by atoms with van der Waals surface area (Å²) < 4.78 is 0. The first kappa shape index (κ1) is 86.8. The Morgan fingerprint density at radius 1 is 0.663 bits per heavy atom. The van der Waals surface area contributed by atoms with Gasteiger partial charge in [-0.2, -0.15) is 0 Å². The second-order valence-corrected chi connectivity index (χ2v) is 27.0. The van der Waals surface area contributed by atoms with Crippen LogP contribution in [0.15, 0.2) is 47.8 Å². The van der Waals surface area contributed by atoms with Gasteiger partial charge in [0.15, 0.2) is 0 Å². The maximum Gasteiger partial charge on any atom is 2.00 e. The van der Waals surface area contributed by atoms with E-state index in [1.165, 1.54) is 24.3 Å². The molecule has 0 bridgehead atoms. The average Bonchev–Trinajstić information content (AvgIpc) is 1.83. The molecule has 12 amide bonds. The molecule has 1 aromatic heterocycles. The summed E-state index contributed by atoms with van der Waals surface area (Å²) in [6, 6.07) is -8.63. The molecule has 4 rings (SSSR count). The predicted molar refractivity (Wildman–Crippen MR) is 364 cm³/mol. The molecule has 1 fully saturated rings. The van der Waals surface area contributed by atoms with Crippen LogP contribution in [0.25, 0.3) is 0 Å². The van der Waals surface area contributed by atoms with E-state index in [0.717, 1.165) is 6.42 Å². The standard InChI is InChI=1S/C66H103N17O16S.Zn/c1-9-35(6)52(69)66-81-48(32-100-66)63(97)76-43(26-34(4)5)59(93)74-42(22-23-50(85)86)58(92)83-53(36(7)10-2)64(98)75-40-20-15-16-25-71-55(89)46(29-49(68)84)78-62(96)47(30-51(87)88)79-61(95)45(28-39-31-70-33-72-39)77-60(94)44(27-38-18-13-12-14-19-38)80-65(99)54(37(8)11-3)82-57(91)41(21-17-24-67)73-56(40)90;/h12-14,18-19,31,33-37,40-48,52-54H,9-11,15-17,20-30,32,67,69H2,1-8H3,(H2,68,84)(H,70,72)(H,71,89)(H,73,90)(H,74,93)(H,75,98)(H,76,97)(H,77,94)(H,78,96)(H,79,95)(H,80,99)(H,82,91)(H,83,92)(H,85,86)(H,87,88);/q;+2/p-2/t35?,36-,37-,40?,41+,42+,43-,44+,45?,46?,47+,48?,52?,53-,54-;/m0./s1. The Labute approximate surface area is 605 Å². The number of aliphatic imine (C=N–C) groups is 1. The number of amides is 12. The van der Waals surface area contributed by atoms with Crippen LogP contribution >= 0.6 is 11.8 Å². The van der Waals surface area contributed by atoms with Gasteiger partial charge in [0, 0.05) is 55.4 Å². The molecule has 15 atom stereocenters. The number of carbonyl (C=O) groups excluding carboxylic acids is 14. The van der Waals surface area contributed by atoms with Crippen LogP contribution in [0.2, 0.25) is 0 Å². The van der Waals surface area contributed by atoms with E-state index in [4.69, 9.17) is 17.2 Å². The Balaban J connectivity index is 0.0000265. The van der Waals surface area contributed by atoms with Crippen molar-refractivity contribution in [1.29, 1.82) is 0 Å². The van der Waals surface area contributed by atoms with Crippen molar-refractivity contribution in [1.82, 2.24) is 68.5 Å². The third-order valence-corrected chi connectivity index (χ3v) is 18.6. The first-order valence-corrected chi connectivity index (χ1v) is 35.0. The topological polar surface area (TPSA) is 537 Å². The molecular formula is C66H101N17O16SZn. The largest absolute Gasteiger partial charge is 2.00 e. The molecule has 3 heterocycles. The number of carboxylic acid groups (broad SMARTS) is 2. The second kappa shape index (κ2) is 44.1. The summed E-state index contributed by atoms with van der Waals surface area (Å²) in [5, 5.41) is 53.2. The number of H-pyrrole nitrogens is 1. The number of aromatic nitrogens is 2. The SMILES string of the molecule is CCC(C)C(N)C1=NC(C(=O)N[C@@H](CC(C)C)C(=O)N[C@H](CCC(=O)[O-])C(=O)N[C@H](C(=O)NC2CCCCNC(=O)C(CC(N)=O)NC(=O)[C@@H](CC(=O)[O-])NC(=O)C(Cc3cnc[nH]3)NC(=O)[C@@H](Cc3ccccc3)NC(=O)[C@H]([C@@H](C)CC)NC(=O)[C@@H](CCCN)NC2=O)[C@@H](C)CC)CS1.[Zn+2]. The molecule has 18 N–H and O–H groups in total. The van der Waals surface area contributed by atoms with Crippen LogP contribution in [0.1, 0.15) is 150 Å². The molecule has 0 spiro atoms. The van der Waals surface area contributed by atoms with E-state index in [2.05, 4.69) is 73.4 Å². The molecule has 35 heteroatoms. The normalized spacial score (nSPS) is 22.9. The van der Waals surface area contributed by atoms with Gasteiger partial charge < -0.3 is 100 Å². The molecule has 101 heavy (non-hydrogen) atoms. The monoisotopic (exact) mass is 1480 g/mol. The molecule has 2 aliphatic heterocycles. The zero-order valence-electron chi connectivity index (χ0n) is 58.8. The van der Waals surface area contributed by atoms with Crippen molar-refractivity contribution in [2.45, 2.75) is 224 Å². The minimum atomic E-state index is -2.01. The molecule has 6 unspecified atom stereocenters. The van der Waals surface area contributed by atoms with Gasteiger partial charge >= 0.3 is 19.5 Å². The predicted octanol–water partition coefficient (Wildman–Crippen LogP) is -4.35. The molecular weight excluding hydrogens is 1380 g/mol. The van der Waals surface area contributed by atoms with Crippen molar-refractivity contribution in [2.75, 3.05) is 18.8 Å². The number of aromatic amines is 1. The number of carboxylic acids is 2. The minimum Gasteiger partial charge on any atom is -0.550 e. The Kier molecular flexibility index (Phi) is 37.9. The quantitative estimate of drug-likeness (QED) is 0.0317. The van der Waals surface area contributed by atoms with Crippen LogP contribution in [0.4, 0.5) is 0 Å². The number of rotatable bonds is 31. The van der Waals surface area contributed by atoms with Gasteiger partial charge in [-0.3, -0.25) is 62.5 Å². The average molecular weight is 1490 g/mol. The van der Waals surface area contributed by atoms with Gasteiger partial charge in [-0.05, 0) is 87.1 Å². The van der Waals surface area contributed by atoms with Gasteiger partial charge in [-0.1, -0.05) is 105 Å². The number of hydrogen-bond acceptors (Lipinski definition) is 21. The fourth-order valence-corrected chi connectivity index (χ4v) is 12.0. The summed E-state index contributed by atoms with van der Waals surface area (Å²) in [5.41, 5.74) is 18.7. The third-order valence-electron chi connectivity index (χ3n) is 17.5. The summed E-state index contributed by atoms with van der Waals surface area (Å²) in [4.78, 5) is 206. The van der Waals surface area contributed by atoms with Gasteiger partial charge in [-0.25, -0.2) is 4.98 Å². The first-order valence-electron chi connectivity index (χ1n) is 34.1. The van der Waals surface area contributed by atoms with Gasteiger partial charge in [0.1, 0.15) is 66.5 Å². The van der Waals surface area contributed by atoms with E-state index in [1.807, 2.05) is 13.8 Å². The molecule has 554 valence electrons. The smallest absolute Gasteiger partial charge is 0.550 e. The van der Waals surface area contributed by atoms with Gasteiger partial charge in [0.05, 0.1) is 23.8 Å². The summed E-state index contributed by atoms with van der Waals surface area (Å²) >= 11 is 1.34. The maximum atomic E-state index is 14.9. The van der Waals surface area contributed by atoms with E-state index in [-0.39, 0.29) is 120 Å². The van der Waals surface area contributed by atoms with Crippen molar-refractivity contribution in [3.8, 4) is 0 Å². The number of primary amides is 1.